The van der Waals surface area contributed by atoms with E-state index in [1.807, 2.05) is 30.3 Å². The lowest BCUT2D eigenvalue weighted by Gasteiger charge is -2.30. The summed E-state index contributed by atoms with van der Waals surface area (Å²) in [5, 5.41) is 3.92. The van der Waals surface area contributed by atoms with Gasteiger partial charge in [0.15, 0.2) is 6.10 Å². The number of nitrogens with zero attached hydrogens (tertiary/aromatic N) is 2. The van der Waals surface area contributed by atoms with E-state index < -0.39 is 35.9 Å². The molecule has 9 heteroatoms. The molecule has 1 heterocycles. The summed E-state index contributed by atoms with van der Waals surface area (Å²) >= 11 is 5.83. The zero-order valence-corrected chi connectivity index (χ0v) is 17.9. The molecule has 8 nitrogen and oxygen atoms in total. The Labute approximate surface area is 175 Å². The number of rotatable bonds is 7. The SMILES string of the molecule is C[C@@H](OCc1ccccc1)[C@H](N)C(=O)N(CC1CC(Cl)=NO1)C(=O)OC(C)(C)C. The zero-order valence-electron chi connectivity index (χ0n) is 17.1. The van der Waals surface area contributed by atoms with Gasteiger partial charge in [-0.25, -0.2) is 9.69 Å². The van der Waals surface area contributed by atoms with Gasteiger partial charge in [-0.3, -0.25) is 4.79 Å². The van der Waals surface area contributed by atoms with Crippen LogP contribution in [-0.4, -0.2) is 52.5 Å². The van der Waals surface area contributed by atoms with Crippen LogP contribution in [0, 0.1) is 0 Å². The Morgan fingerprint density at radius 3 is 2.55 bits per heavy atom. The number of benzene rings is 1. The molecule has 0 bridgehead atoms. The van der Waals surface area contributed by atoms with Crippen molar-refractivity contribution >= 4 is 28.8 Å². The molecule has 0 aliphatic carbocycles. The number of hydrogen-bond donors (Lipinski definition) is 1. The average molecular weight is 426 g/mol. The topological polar surface area (TPSA) is 103 Å². The van der Waals surface area contributed by atoms with Gasteiger partial charge >= 0.3 is 6.09 Å². The number of imide groups is 1. The monoisotopic (exact) mass is 425 g/mol. The van der Waals surface area contributed by atoms with Gasteiger partial charge in [0, 0.05) is 6.42 Å². The largest absolute Gasteiger partial charge is 0.443 e. The molecule has 1 aromatic rings. The summed E-state index contributed by atoms with van der Waals surface area (Å²) in [6, 6.07) is 8.45. The molecule has 1 aliphatic heterocycles. The quantitative estimate of drug-likeness (QED) is 0.720. The van der Waals surface area contributed by atoms with Gasteiger partial charge in [0.25, 0.3) is 5.91 Å². The van der Waals surface area contributed by atoms with E-state index in [0.717, 1.165) is 10.5 Å². The maximum Gasteiger partial charge on any atom is 0.417 e. The first kappa shape index (κ1) is 23.1. The minimum atomic E-state index is -1.07. The van der Waals surface area contributed by atoms with E-state index in [4.69, 9.17) is 31.6 Å². The van der Waals surface area contributed by atoms with Gasteiger partial charge in [-0.05, 0) is 33.3 Å². The molecule has 0 fully saturated rings. The Morgan fingerprint density at radius 2 is 2.00 bits per heavy atom. The number of ether oxygens (including phenoxy) is 2. The third kappa shape index (κ3) is 7.30. The number of halogens is 1. The molecule has 0 saturated carbocycles. The van der Waals surface area contributed by atoms with Crippen LogP contribution in [0.25, 0.3) is 0 Å². The Hall–Kier alpha value is -2.16. The fourth-order valence-corrected chi connectivity index (χ4v) is 2.77. The van der Waals surface area contributed by atoms with Crippen molar-refractivity contribution in [3.8, 4) is 0 Å². The Balaban J connectivity index is 2.04. The van der Waals surface area contributed by atoms with Crippen LogP contribution in [0.4, 0.5) is 4.79 Å². The third-order valence-electron chi connectivity index (χ3n) is 4.11. The summed E-state index contributed by atoms with van der Waals surface area (Å²) in [6.07, 6.45) is -1.69. The van der Waals surface area contributed by atoms with Crippen molar-refractivity contribution in [2.45, 2.75) is 64.6 Å². The van der Waals surface area contributed by atoms with Gasteiger partial charge in [0.1, 0.15) is 16.8 Å². The zero-order chi connectivity index (χ0) is 21.6. The lowest BCUT2D eigenvalue weighted by molar-refractivity contribution is -0.137. The van der Waals surface area contributed by atoms with E-state index >= 15 is 0 Å². The fourth-order valence-electron chi connectivity index (χ4n) is 2.55. The molecule has 2 rings (SSSR count). The number of hydrogen-bond acceptors (Lipinski definition) is 7. The highest BCUT2D eigenvalue weighted by molar-refractivity contribution is 6.65. The van der Waals surface area contributed by atoms with Crippen molar-refractivity contribution in [3.63, 3.8) is 0 Å². The lowest BCUT2D eigenvalue weighted by atomic mass is 10.1. The number of oxime groups is 1. The third-order valence-corrected chi connectivity index (χ3v) is 4.33. The summed E-state index contributed by atoms with van der Waals surface area (Å²) in [5.41, 5.74) is 6.28. The molecule has 1 aromatic carbocycles. The molecule has 1 unspecified atom stereocenters. The first-order valence-electron chi connectivity index (χ1n) is 9.40. The van der Waals surface area contributed by atoms with Gasteiger partial charge in [-0.1, -0.05) is 47.1 Å². The van der Waals surface area contributed by atoms with Crippen LogP contribution in [-0.2, 0) is 25.7 Å². The predicted octanol–water partition coefficient (Wildman–Crippen LogP) is 3.02. The standard InChI is InChI=1S/C20H28ClN3O5/c1-13(27-12-14-8-6-5-7-9-14)17(22)18(25)24(19(26)28-20(2,3)4)11-15-10-16(21)23-29-15/h5-9,13,15,17H,10-12,22H2,1-4H3/t13-,15?,17+/m1/s1. The van der Waals surface area contributed by atoms with Crippen molar-refractivity contribution in [2.75, 3.05) is 6.54 Å². The molecule has 2 N–H and O–H groups in total. The average Bonchev–Trinajstić information content (AvgIpc) is 3.07. The fraction of sp³-hybridized carbons (Fsp3) is 0.550. The van der Waals surface area contributed by atoms with E-state index in [9.17, 15) is 9.59 Å². The maximum atomic E-state index is 13.0. The molecule has 0 radical (unpaired) electrons. The summed E-state index contributed by atoms with van der Waals surface area (Å²) < 4.78 is 11.1. The second kappa shape index (κ2) is 10.0. The Kier molecular flexibility index (Phi) is 8.01. The molecule has 0 saturated heterocycles. The van der Waals surface area contributed by atoms with Crippen LogP contribution < -0.4 is 5.73 Å². The second-order valence-electron chi connectivity index (χ2n) is 7.86. The first-order chi connectivity index (χ1) is 13.6. The molecule has 160 valence electrons. The molecule has 0 aromatic heterocycles. The van der Waals surface area contributed by atoms with Crippen LogP contribution in [0.3, 0.4) is 0 Å². The van der Waals surface area contributed by atoms with Crippen LogP contribution in [0.1, 0.15) is 39.7 Å². The van der Waals surface area contributed by atoms with E-state index in [2.05, 4.69) is 5.16 Å². The molecular formula is C20H28ClN3O5. The smallest absolute Gasteiger partial charge is 0.417 e. The lowest BCUT2D eigenvalue weighted by Crippen LogP contribution is -2.54. The van der Waals surface area contributed by atoms with E-state index in [1.54, 1.807) is 27.7 Å². The first-order valence-corrected chi connectivity index (χ1v) is 9.78. The minimum Gasteiger partial charge on any atom is -0.443 e. The summed E-state index contributed by atoms with van der Waals surface area (Å²) in [7, 11) is 0. The molecule has 2 amide bonds. The van der Waals surface area contributed by atoms with Crippen LogP contribution in [0.15, 0.2) is 35.5 Å². The summed E-state index contributed by atoms with van der Waals surface area (Å²) in [4.78, 5) is 31.7. The minimum absolute atomic E-state index is 0.0768. The van der Waals surface area contributed by atoms with Gasteiger partial charge in [0.05, 0.1) is 19.3 Å². The Morgan fingerprint density at radius 1 is 1.34 bits per heavy atom. The Bertz CT molecular complexity index is 735. The van der Waals surface area contributed by atoms with E-state index in [0.29, 0.717) is 13.0 Å². The van der Waals surface area contributed by atoms with E-state index in [1.165, 1.54) is 0 Å². The number of nitrogens with two attached hydrogens (primary N) is 1. The normalized spacial score (nSPS) is 18.4. The van der Waals surface area contributed by atoms with Gasteiger partial charge in [-0.15, -0.1) is 0 Å². The van der Waals surface area contributed by atoms with Crippen LogP contribution in [0.2, 0.25) is 0 Å². The highest BCUT2D eigenvalue weighted by Crippen LogP contribution is 2.18. The van der Waals surface area contributed by atoms with E-state index in [-0.39, 0.29) is 11.7 Å². The predicted molar refractivity (Wildman–Crippen MR) is 109 cm³/mol. The van der Waals surface area contributed by atoms with Crippen molar-refractivity contribution in [3.05, 3.63) is 35.9 Å². The number of carbonyl (C=O) groups is 2. The molecule has 3 atom stereocenters. The van der Waals surface area contributed by atoms with Gasteiger partial charge in [-0.2, -0.15) is 0 Å². The van der Waals surface area contributed by atoms with Crippen molar-refractivity contribution in [2.24, 2.45) is 10.9 Å². The summed E-state index contributed by atoms with van der Waals surface area (Å²) in [6.45, 7) is 7.05. The van der Waals surface area contributed by atoms with Crippen molar-refractivity contribution in [1.29, 1.82) is 0 Å². The number of amides is 2. The highest BCUT2D eigenvalue weighted by Gasteiger charge is 2.36. The molecule has 29 heavy (non-hydrogen) atoms. The van der Waals surface area contributed by atoms with Crippen molar-refractivity contribution < 1.29 is 23.9 Å². The molecular weight excluding hydrogens is 398 g/mol. The van der Waals surface area contributed by atoms with Crippen LogP contribution >= 0.6 is 11.6 Å². The maximum absolute atomic E-state index is 13.0. The van der Waals surface area contributed by atoms with Crippen molar-refractivity contribution in [1.82, 2.24) is 4.90 Å². The van der Waals surface area contributed by atoms with Gasteiger partial charge in [0.2, 0.25) is 0 Å². The second-order valence-corrected chi connectivity index (χ2v) is 8.29. The molecule has 0 spiro atoms. The highest BCUT2D eigenvalue weighted by atomic mass is 35.5. The van der Waals surface area contributed by atoms with Crippen LogP contribution in [0.5, 0.6) is 0 Å². The van der Waals surface area contributed by atoms with Gasteiger partial charge < -0.3 is 20.0 Å². The summed E-state index contributed by atoms with van der Waals surface area (Å²) in [5.74, 6) is -0.619. The molecule has 1 aliphatic rings. The number of carbonyl (C=O) groups excluding carboxylic acids is 2.